The average Bonchev–Trinajstić information content (AvgIpc) is 2.93. The number of nitrogens with zero attached hydrogens (tertiary/aromatic N) is 1. The largest absolute Gasteiger partial charge is 0.492 e. The Labute approximate surface area is 237 Å². The molecule has 0 amide bonds. The second kappa shape index (κ2) is 19.9. The first-order valence-corrected chi connectivity index (χ1v) is 13.2. The Morgan fingerprint density at radius 2 is 1.33 bits per heavy atom. The first-order valence-electron chi connectivity index (χ1n) is 12.2. The molecule has 0 aliphatic carbocycles. The third-order valence-corrected chi connectivity index (χ3v) is 6.89. The predicted molar refractivity (Wildman–Crippen MR) is 144 cm³/mol. The van der Waals surface area contributed by atoms with E-state index < -0.39 is 75.1 Å². The molecule has 10 N–H and O–H groups in total. The van der Waals surface area contributed by atoms with E-state index in [1.165, 1.54) is 16.7 Å². The van der Waals surface area contributed by atoms with Gasteiger partial charge in [0.15, 0.2) is 5.12 Å². The lowest BCUT2D eigenvalue weighted by molar-refractivity contribution is -0.130. The Bertz CT molecular complexity index is 782. The van der Waals surface area contributed by atoms with E-state index in [1.807, 2.05) is 6.07 Å². The number of halogens is 1. The van der Waals surface area contributed by atoms with E-state index >= 15 is 0 Å². The maximum absolute atomic E-state index is 11.5. The van der Waals surface area contributed by atoms with Crippen molar-refractivity contribution in [2.45, 2.75) is 67.9 Å². The number of aliphatic hydroxyl groups is 10. The molecule has 0 radical (unpaired) electrons. The van der Waals surface area contributed by atoms with E-state index in [9.17, 15) is 45.6 Å². The van der Waals surface area contributed by atoms with Crippen molar-refractivity contribution in [1.82, 2.24) is 4.90 Å². The van der Waals surface area contributed by atoms with Gasteiger partial charge in [-0.3, -0.25) is 9.69 Å². The van der Waals surface area contributed by atoms with Crippen molar-refractivity contribution in [1.29, 1.82) is 0 Å². The third kappa shape index (κ3) is 13.4. The number of carbonyl (C=O) groups is 1. The average molecular weight is 604 g/mol. The number of hydrogen-bond acceptors (Lipinski definition) is 14. The van der Waals surface area contributed by atoms with Crippen LogP contribution < -0.4 is 4.74 Å². The molecule has 0 spiro atoms. The molecule has 0 saturated heterocycles. The molecule has 0 unspecified atom stereocenters. The molecule has 0 fully saturated rings. The second-order valence-corrected chi connectivity index (χ2v) is 9.90. The number of rotatable bonds is 19. The summed E-state index contributed by atoms with van der Waals surface area (Å²) >= 11 is 1.18. The van der Waals surface area contributed by atoms with Gasteiger partial charge in [0.1, 0.15) is 49.0 Å². The van der Waals surface area contributed by atoms with Gasteiger partial charge in [0.25, 0.3) is 0 Å². The van der Waals surface area contributed by atoms with Gasteiger partial charge in [-0.05, 0) is 17.7 Å². The van der Waals surface area contributed by atoms with Crippen LogP contribution in [0.2, 0.25) is 0 Å². The number of carbonyl (C=O) groups excluding carboxylic acids is 1. The summed E-state index contributed by atoms with van der Waals surface area (Å²) in [5, 5.41) is 97.9. The molecule has 0 aliphatic rings. The monoisotopic (exact) mass is 603 g/mol. The molecule has 13 nitrogen and oxygen atoms in total. The van der Waals surface area contributed by atoms with Gasteiger partial charge >= 0.3 is 0 Å². The topological polar surface area (TPSA) is 232 Å². The molecule has 8 atom stereocenters. The molecule has 1 rings (SSSR count). The van der Waals surface area contributed by atoms with Crippen molar-refractivity contribution in [3.05, 3.63) is 29.8 Å². The number of aliphatic hydroxyl groups excluding tert-OH is 10. The second-order valence-electron chi connectivity index (χ2n) is 8.87. The molecular formula is C24H42ClNO12S. The van der Waals surface area contributed by atoms with Gasteiger partial charge < -0.3 is 55.8 Å². The van der Waals surface area contributed by atoms with Crippen molar-refractivity contribution < 1.29 is 60.6 Å². The molecule has 0 saturated carbocycles. The SMILES string of the molecule is CCC(=O)SCc1cccc(OCCN(C[C@H](O)[C@@H](O)[C@H](O)[C@H](O)CO)C[C@H](O)[C@@H](O)[C@H](O)[C@H](O)CO)c1.Cl. The first kappa shape index (κ1) is 37.9. The lowest BCUT2D eigenvalue weighted by atomic mass is 10.0. The van der Waals surface area contributed by atoms with Crippen LogP contribution in [-0.4, -0.2) is 149 Å². The molecule has 0 heterocycles. The van der Waals surface area contributed by atoms with Crippen molar-refractivity contribution in [3.8, 4) is 5.75 Å². The van der Waals surface area contributed by atoms with Crippen LogP contribution in [-0.2, 0) is 10.5 Å². The highest BCUT2D eigenvalue weighted by Gasteiger charge is 2.34. The van der Waals surface area contributed by atoms with Gasteiger partial charge in [-0.2, -0.15) is 0 Å². The minimum Gasteiger partial charge on any atom is -0.492 e. The van der Waals surface area contributed by atoms with E-state index in [-0.39, 0.29) is 30.7 Å². The van der Waals surface area contributed by atoms with Crippen LogP contribution in [0.5, 0.6) is 5.75 Å². The standard InChI is InChI=1S/C24H41NO12S.ClH/c1-2-20(32)38-13-14-4-3-5-15(8-14)37-7-6-25(9-16(28)21(33)23(35)18(30)11-26)10-17(29)22(34)24(36)19(31)12-27;/h3-5,8,16-19,21-24,26-31,33-36H,2,6-7,9-13H2,1H3;1H/t16-,17-,18+,19+,21+,22+,23+,24+;/m0./s1. The van der Waals surface area contributed by atoms with Crippen LogP contribution in [0.4, 0.5) is 0 Å². The third-order valence-electron chi connectivity index (χ3n) is 5.80. The van der Waals surface area contributed by atoms with Crippen LogP contribution in [0.15, 0.2) is 24.3 Å². The van der Waals surface area contributed by atoms with E-state index in [0.717, 1.165) is 5.56 Å². The minimum absolute atomic E-state index is 0. The zero-order valence-corrected chi connectivity index (χ0v) is 23.3. The van der Waals surface area contributed by atoms with E-state index in [2.05, 4.69) is 0 Å². The quantitative estimate of drug-likeness (QED) is 0.0752. The van der Waals surface area contributed by atoms with Gasteiger partial charge in [0.05, 0.1) is 25.4 Å². The van der Waals surface area contributed by atoms with Crippen LogP contribution >= 0.6 is 24.2 Å². The highest BCUT2D eigenvalue weighted by Crippen LogP contribution is 2.19. The lowest BCUT2D eigenvalue weighted by Crippen LogP contribution is -2.53. The molecule has 15 heteroatoms. The van der Waals surface area contributed by atoms with Crippen LogP contribution in [0, 0.1) is 0 Å². The maximum Gasteiger partial charge on any atom is 0.188 e. The Morgan fingerprint density at radius 1 is 0.846 bits per heavy atom. The normalized spacial score (nSPS) is 17.8. The fourth-order valence-corrected chi connectivity index (χ4v) is 4.12. The van der Waals surface area contributed by atoms with Crippen LogP contribution in [0.1, 0.15) is 18.9 Å². The molecule has 228 valence electrons. The number of hydrogen-bond donors (Lipinski definition) is 10. The number of thioether (sulfide) groups is 1. The Balaban J connectivity index is 0.0000144. The van der Waals surface area contributed by atoms with Gasteiger partial charge in [0.2, 0.25) is 0 Å². The molecule has 0 aliphatic heterocycles. The number of ether oxygens (including phenoxy) is 1. The highest BCUT2D eigenvalue weighted by molar-refractivity contribution is 8.12. The van der Waals surface area contributed by atoms with Gasteiger partial charge in [-0.25, -0.2) is 0 Å². The minimum atomic E-state index is -1.87. The van der Waals surface area contributed by atoms with Crippen molar-refractivity contribution >= 4 is 29.3 Å². The number of benzene rings is 1. The zero-order valence-electron chi connectivity index (χ0n) is 21.6. The van der Waals surface area contributed by atoms with E-state index in [4.69, 9.17) is 14.9 Å². The maximum atomic E-state index is 11.5. The molecule has 1 aromatic rings. The van der Waals surface area contributed by atoms with Crippen molar-refractivity contribution in [2.24, 2.45) is 0 Å². The lowest BCUT2D eigenvalue weighted by Gasteiger charge is -2.33. The Kier molecular flexibility index (Phi) is 19.3. The van der Waals surface area contributed by atoms with Gasteiger partial charge in [0, 0.05) is 31.8 Å². The van der Waals surface area contributed by atoms with Gasteiger partial charge in [-0.1, -0.05) is 30.8 Å². The summed E-state index contributed by atoms with van der Waals surface area (Å²) in [4.78, 5) is 12.9. The summed E-state index contributed by atoms with van der Waals surface area (Å²) in [6.07, 6.45) is -13.8. The summed E-state index contributed by atoms with van der Waals surface area (Å²) in [6, 6.07) is 7.03. The molecular weight excluding hydrogens is 562 g/mol. The Morgan fingerprint density at radius 3 is 1.79 bits per heavy atom. The summed E-state index contributed by atoms with van der Waals surface area (Å²) < 4.78 is 5.73. The van der Waals surface area contributed by atoms with E-state index in [0.29, 0.717) is 17.9 Å². The first-order chi connectivity index (χ1) is 17.9. The molecule has 39 heavy (non-hydrogen) atoms. The predicted octanol–water partition coefficient (Wildman–Crippen LogP) is -3.17. The smallest absolute Gasteiger partial charge is 0.188 e. The highest BCUT2D eigenvalue weighted by atomic mass is 35.5. The molecule has 0 aromatic heterocycles. The summed E-state index contributed by atoms with van der Waals surface area (Å²) in [5.74, 6) is 0.949. The van der Waals surface area contributed by atoms with Gasteiger partial charge in [-0.15, -0.1) is 12.4 Å². The van der Waals surface area contributed by atoms with Crippen LogP contribution in [0.25, 0.3) is 0 Å². The fraction of sp³-hybridized carbons (Fsp3) is 0.708. The zero-order chi connectivity index (χ0) is 28.8. The molecule has 0 bridgehead atoms. The van der Waals surface area contributed by atoms with Crippen molar-refractivity contribution in [3.63, 3.8) is 0 Å². The summed E-state index contributed by atoms with van der Waals surface area (Å²) in [7, 11) is 0. The van der Waals surface area contributed by atoms with E-state index in [1.54, 1.807) is 25.1 Å². The Hall–Kier alpha value is -1.11. The fourth-order valence-electron chi connectivity index (χ4n) is 3.41. The van der Waals surface area contributed by atoms with Crippen LogP contribution in [0.3, 0.4) is 0 Å². The summed E-state index contributed by atoms with van der Waals surface area (Å²) in [6.45, 7) is -0.712. The summed E-state index contributed by atoms with van der Waals surface area (Å²) in [5.41, 5.74) is 0.858. The van der Waals surface area contributed by atoms with Crippen molar-refractivity contribution in [2.75, 3.05) is 39.5 Å². The molecule has 1 aromatic carbocycles.